The first-order valence-corrected chi connectivity index (χ1v) is 11.5. The van der Waals surface area contributed by atoms with E-state index < -0.39 is 0 Å². The van der Waals surface area contributed by atoms with Crippen molar-refractivity contribution >= 4 is 22.5 Å². The first-order valence-electron chi connectivity index (χ1n) is 11.5. The van der Waals surface area contributed by atoms with Crippen molar-refractivity contribution < 1.29 is 4.79 Å². The highest BCUT2D eigenvalue weighted by Gasteiger charge is 2.21. The zero-order chi connectivity index (χ0) is 23.1. The fraction of sp³-hybridized carbons (Fsp3) is 0.231. The molecule has 0 bridgehead atoms. The first kappa shape index (κ1) is 20.6. The third-order valence-corrected chi connectivity index (χ3v) is 6.66. The van der Waals surface area contributed by atoms with E-state index in [1.54, 1.807) is 16.9 Å². The molecule has 0 aromatic carbocycles. The third-order valence-electron chi connectivity index (χ3n) is 6.66. The summed E-state index contributed by atoms with van der Waals surface area (Å²) >= 11 is 0. The Bertz CT molecular complexity index is 1480. The second-order valence-corrected chi connectivity index (χ2v) is 8.92. The fourth-order valence-electron chi connectivity index (χ4n) is 4.67. The number of nitrogens with one attached hydrogen (secondary N) is 2. The largest absolute Gasteiger partial charge is 0.349 e. The number of hydrogen-bond acceptors (Lipinski definition) is 5. The van der Waals surface area contributed by atoms with E-state index in [2.05, 4.69) is 43.4 Å². The molecule has 34 heavy (non-hydrogen) atoms. The number of H-pyrrole nitrogens is 1. The summed E-state index contributed by atoms with van der Waals surface area (Å²) < 4.78 is 1.75. The van der Waals surface area contributed by atoms with Gasteiger partial charge in [0.05, 0.1) is 17.3 Å². The summed E-state index contributed by atoms with van der Waals surface area (Å²) in [5.41, 5.74) is 6.24. The molecule has 1 aliphatic rings. The minimum absolute atomic E-state index is 0.0684. The number of rotatable bonds is 4. The molecule has 0 spiro atoms. The second-order valence-electron chi connectivity index (χ2n) is 8.92. The number of aromatic nitrogens is 5. The molecular formula is C26H25N7O. The molecule has 1 amide bonds. The van der Waals surface area contributed by atoms with Gasteiger partial charge in [-0.05, 0) is 62.8 Å². The molecule has 8 nitrogen and oxygen atoms in total. The summed E-state index contributed by atoms with van der Waals surface area (Å²) in [6.07, 6.45) is 12.9. The molecule has 0 atom stereocenters. The van der Waals surface area contributed by atoms with Gasteiger partial charge in [0, 0.05) is 59.1 Å². The summed E-state index contributed by atoms with van der Waals surface area (Å²) in [5.74, 6) is -0.0684. The quantitative estimate of drug-likeness (QED) is 0.434. The molecule has 6 rings (SSSR count). The molecule has 2 N–H and O–H groups in total. The highest BCUT2D eigenvalue weighted by atomic mass is 16.1. The summed E-state index contributed by atoms with van der Waals surface area (Å²) in [6.45, 7) is 2.00. The van der Waals surface area contributed by atoms with Crippen molar-refractivity contribution in [3.63, 3.8) is 0 Å². The minimum atomic E-state index is -0.0684. The Kier molecular flexibility index (Phi) is 5.07. The Balaban J connectivity index is 1.35. The first-order chi connectivity index (χ1) is 16.7. The molecular weight excluding hydrogens is 426 g/mol. The van der Waals surface area contributed by atoms with Gasteiger partial charge in [-0.2, -0.15) is 5.10 Å². The van der Waals surface area contributed by atoms with Crippen LogP contribution in [0.1, 0.15) is 23.2 Å². The monoisotopic (exact) mass is 451 g/mol. The number of amides is 1. The van der Waals surface area contributed by atoms with Gasteiger partial charge in [0.2, 0.25) is 0 Å². The number of piperidine rings is 1. The average Bonchev–Trinajstić information content (AvgIpc) is 3.49. The van der Waals surface area contributed by atoms with Gasteiger partial charge in [0.1, 0.15) is 5.65 Å². The van der Waals surface area contributed by atoms with Gasteiger partial charge in [0.25, 0.3) is 5.91 Å². The lowest BCUT2D eigenvalue weighted by Crippen LogP contribution is -2.43. The van der Waals surface area contributed by atoms with E-state index >= 15 is 0 Å². The van der Waals surface area contributed by atoms with E-state index in [1.807, 2.05) is 49.1 Å². The van der Waals surface area contributed by atoms with Crippen LogP contribution in [0.5, 0.6) is 0 Å². The van der Waals surface area contributed by atoms with Crippen molar-refractivity contribution in [2.75, 3.05) is 20.1 Å². The maximum atomic E-state index is 13.1. The molecule has 0 radical (unpaired) electrons. The number of carbonyl (C=O) groups is 1. The van der Waals surface area contributed by atoms with Crippen LogP contribution in [-0.4, -0.2) is 61.6 Å². The fourth-order valence-corrected chi connectivity index (χ4v) is 4.67. The van der Waals surface area contributed by atoms with Crippen LogP contribution in [0.25, 0.3) is 38.8 Å². The summed E-state index contributed by atoms with van der Waals surface area (Å²) in [7, 11) is 2.12. The zero-order valence-electron chi connectivity index (χ0n) is 18.9. The molecule has 5 aromatic heterocycles. The van der Waals surface area contributed by atoms with Crippen LogP contribution >= 0.6 is 0 Å². The Morgan fingerprint density at radius 2 is 1.97 bits per heavy atom. The predicted octanol–water partition coefficient (Wildman–Crippen LogP) is 3.76. The van der Waals surface area contributed by atoms with Crippen molar-refractivity contribution in [1.29, 1.82) is 0 Å². The highest BCUT2D eigenvalue weighted by molar-refractivity contribution is 6.02. The topological polar surface area (TPSA) is 91.2 Å². The van der Waals surface area contributed by atoms with Crippen molar-refractivity contribution in [3.8, 4) is 22.3 Å². The SMILES string of the molecule is CN1CCC(NC(=O)c2cnn3ccc(-c4c[nH]c5ncc(-c6cccnc6)cc45)cc23)CC1. The zero-order valence-corrected chi connectivity index (χ0v) is 18.9. The molecule has 5 aromatic rings. The molecule has 8 heteroatoms. The molecule has 1 saturated heterocycles. The van der Waals surface area contributed by atoms with Crippen molar-refractivity contribution in [3.05, 3.63) is 73.1 Å². The number of pyridine rings is 3. The highest BCUT2D eigenvalue weighted by Crippen LogP contribution is 2.32. The van der Waals surface area contributed by atoms with Gasteiger partial charge in [-0.1, -0.05) is 6.07 Å². The van der Waals surface area contributed by atoms with Gasteiger partial charge in [-0.3, -0.25) is 9.78 Å². The Morgan fingerprint density at radius 1 is 1.09 bits per heavy atom. The second kappa shape index (κ2) is 8.39. The molecule has 1 fully saturated rings. The molecule has 1 aliphatic heterocycles. The minimum Gasteiger partial charge on any atom is -0.349 e. The standard InChI is InChI=1S/C26H25N7O/c1-32-8-5-20(6-9-32)31-26(34)23-16-30-33-10-4-17(12-24(23)33)22-15-29-25-21(22)11-19(14-28-25)18-3-2-7-27-13-18/h2-4,7,10-16,20H,5-6,8-9H2,1H3,(H,28,29)(H,31,34). The number of nitrogens with zero attached hydrogens (tertiary/aromatic N) is 5. The number of carbonyl (C=O) groups excluding carboxylic acids is 1. The van der Waals surface area contributed by atoms with Gasteiger partial charge < -0.3 is 15.2 Å². The van der Waals surface area contributed by atoms with E-state index in [1.165, 1.54) is 0 Å². The van der Waals surface area contributed by atoms with Crippen LogP contribution < -0.4 is 5.32 Å². The van der Waals surface area contributed by atoms with Crippen molar-refractivity contribution in [1.82, 2.24) is 34.8 Å². The van der Waals surface area contributed by atoms with Crippen LogP contribution in [0.2, 0.25) is 0 Å². The third kappa shape index (κ3) is 3.72. The van der Waals surface area contributed by atoms with Crippen LogP contribution in [0, 0.1) is 0 Å². The molecule has 170 valence electrons. The maximum absolute atomic E-state index is 13.1. The van der Waals surface area contributed by atoms with Crippen LogP contribution in [0.4, 0.5) is 0 Å². The summed E-state index contributed by atoms with van der Waals surface area (Å²) in [5, 5.41) is 8.62. The molecule has 6 heterocycles. The number of aromatic amines is 1. The van der Waals surface area contributed by atoms with E-state index in [9.17, 15) is 4.79 Å². The molecule has 0 aliphatic carbocycles. The predicted molar refractivity (Wildman–Crippen MR) is 131 cm³/mol. The molecule has 0 saturated carbocycles. The lowest BCUT2D eigenvalue weighted by molar-refractivity contribution is 0.0918. The van der Waals surface area contributed by atoms with Crippen LogP contribution in [0.3, 0.4) is 0 Å². The van der Waals surface area contributed by atoms with E-state index in [4.69, 9.17) is 0 Å². The molecule has 0 unspecified atom stereocenters. The maximum Gasteiger partial charge on any atom is 0.255 e. The lowest BCUT2D eigenvalue weighted by atomic mass is 10.0. The number of fused-ring (bicyclic) bond motifs is 2. The van der Waals surface area contributed by atoms with Gasteiger partial charge >= 0.3 is 0 Å². The smallest absolute Gasteiger partial charge is 0.255 e. The average molecular weight is 452 g/mol. The van der Waals surface area contributed by atoms with Gasteiger partial charge in [-0.25, -0.2) is 9.50 Å². The van der Waals surface area contributed by atoms with Crippen molar-refractivity contribution in [2.24, 2.45) is 0 Å². The van der Waals surface area contributed by atoms with Crippen LogP contribution in [0.15, 0.2) is 67.5 Å². The van der Waals surface area contributed by atoms with E-state index in [-0.39, 0.29) is 11.9 Å². The summed E-state index contributed by atoms with van der Waals surface area (Å²) in [4.78, 5) is 27.5. The van der Waals surface area contributed by atoms with Crippen LogP contribution in [-0.2, 0) is 0 Å². The van der Waals surface area contributed by atoms with Crippen molar-refractivity contribution in [2.45, 2.75) is 18.9 Å². The van der Waals surface area contributed by atoms with Gasteiger partial charge in [0.15, 0.2) is 0 Å². The normalized spacial score (nSPS) is 15.2. The Labute approximate surface area is 196 Å². The number of hydrogen-bond donors (Lipinski definition) is 2. The summed E-state index contributed by atoms with van der Waals surface area (Å²) in [6, 6.07) is 10.3. The van der Waals surface area contributed by atoms with E-state index in [0.717, 1.165) is 64.7 Å². The lowest BCUT2D eigenvalue weighted by Gasteiger charge is -2.29. The van der Waals surface area contributed by atoms with Gasteiger partial charge in [-0.15, -0.1) is 0 Å². The Hall–Kier alpha value is -4.04. The number of likely N-dealkylation sites (tertiary alicyclic amines) is 1. The Morgan fingerprint density at radius 3 is 2.79 bits per heavy atom. The van der Waals surface area contributed by atoms with E-state index in [0.29, 0.717) is 5.56 Å².